The number of carbonyl (C=O) groups is 1. The van der Waals surface area contributed by atoms with Crippen LogP contribution in [0.1, 0.15) is 56.3 Å². The standard InChI is InChI=1S/C25H24Br2N4O6/c1-14(25(33)36-2)37-22-16(10-18(27)12-21(22)31(34)35)13-28-30-23(15-6-4-3-5-7-15)29-20-9-8-17(26)11-19(20)24(30)32/h8-15H,3-7H2,1-2H3/t14-/m1/s1. The molecule has 0 N–H and O–H groups in total. The first-order valence-electron chi connectivity index (χ1n) is 11.7. The lowest BCUT2D eigenvalue weighted by Crippen LogP contribution is -2.26. The molecule has 0 amide bonds. The van der Waals surface area contributed by atoms with E-state index in [-0.39, 0.29) is 28.5 Å². The third-order valence-electron chi connectivity index (χ3n) is 6.20. The van der Waals surface area contributed by atoms with E-state index in [1.54, 1.807) is 18.2 Å². The van der Waals surface area contributed by atoms with Crippen LogP contribution in [-0.2, 0) is 9.53 Å². The molecule has 1 fully saturated rings. The minimum Gasteiger partial charge on any atom is -0.471 e. The molecule has 4 rings (SSSR count). The van der Waals surface area contributed by atoms with Crippen molar-refractivity contribution in [3.8, 4) is 5.75 Å². The summed E-state index contributed by atoms with van der Waals surface area (Å²) in [6.45, 7) is 1.43. The van der Waals surface area contributed by atoms with Crippen molar-refractivity contribution in [2.45, 2.75) is 51.0 Å². The maximum absolute atomic E-state index is 13.6. The van der Waals surface area contributed by atoms with Crippen molar-refractivity contribution in [3.05, 3.63) is 71.1 Å². The highest BCUT2D eigenvalue weighted by Gasteiger charge is 2.26. The zero-order chi connectivity index (χ0) is 26.7. The van der Waals surface area contributed by atoms with Crippen LogP contribution in [0.4, 0.5) is 5.69 Å². The molecule has 0 bridgehead atoms. The average molecular weight is 636 g/mol. The third-order valence-corrected chi connectivity index (χ3v) is 7.15. The Bertz CT molecular complexity index is 1450. The number of hydrogen-bond acceptors (Lipinski definition) is 8. The number of esters is 1. The Balaban J connectivity index is 1.88. The first-order valence-corrected chi connectivity index (χ1v) is 13.3. The van der Waals surface area contributed by atoms with Crippen molar-refractivity contribution >= 4 is 60.6 Å². The van der Waals surface area contributed by atoms with Crippen molar-refractivity contribution in [3.63, 3.8) is 0 Å². The van der Waals surface area contributed by atoms with Gasteiger partial charge in [0.15, 0.2) is 6.10 Å². The predicted molar refractivity (Wildman–Crippen MR) is 145 cm³/mol. The molecule has 1 heterocycles. The molecular formula is C25H24Br2N4O6. The molecule has 0 unspecified atom stereocenters. The smallest absolute Gasteiger partial charge is 0.346 e. The quantitative estimate of drug-likeness (QED) is 0.141. The van der Waals surface area contributed by atoms with E-state index in [1.807, 2.05) is 6.07 Å². The third kappa shape index (κ3) is 5.90. The van der Waals surface area contributed by atoms with Gasteiger partial charge in [-0.25, -0.2) is 9.78 Å². The van der Waals surface area contributed by atoms with E-state index in [0.29, 0.717) is 21.2 Å². The molecule has 1 aliphatic rings. The van der Waals surface area contributed by atoms with Crippen LogP contribution in [0.15, 0.2) is 49.2 Å². The Kier molecular flexibility index (Phi) is 8.38. The van der Waals surface area contributed by atoms with Crippen molar-refractivity contribution in [2.75, 3.05) is 7.11 Å². The van der Waals surface area contributed by atoms with E-state index in [2.05, 4.69) is 37.0 Å². The Morgan fingerprint density at radius 1 is 1.22 bits per heavy atom. The number of nitro benzene ring substituents is 1. The number of fused-ring (bicyclic) bond motifs is 1. The van der Waals surface area contributed by atoms with Crippen molar-refractivity contribution in [2.24, 2.45) is 5.10 Å². The monoisotopic (exact) mass is 634 g/mol. The number of ether oxygens (including phenoxy) is 2. The van der Waals surface area contributed by atoms with E-state index >= 15 is 0 Å². The molecule has 12 heteroatoms. The van der Waals surface area contributed by atoms with Gasteiger partial charge >= 0.3 is 11.7 Å². The van der Waals surface area contributed by atoms with Gasteiger partial charge in [-0.05, 0) is 44.0 Å². The van der Waals surface area contributed by atoms with E-state index in [9.17, 15) is 19.7 Å². The van der Waals surface area contributed by atoms with Crippen LogP contribution < -0.4 is 10.3 Å². The molecule has 1 aliphatic carbocycles. The largest absolute Gasteiger partial charge is 0.471 e. The Morgan fingerprint density at radius 2 is 1.95 bits per heavy atom. The van der Waals surface area contributed by atoms with E-state index < -0.39 is 17.0 Å². The molecule has 194 valence electrons. The number of nitrogens with zero attached hydrogens (tertiary/aromatic N) is 4. The molecule has 37 heavy (non-hydrogen) atoms. The molecule has 1 atom stereocenters. The second-order valence-electron chi connectivity index (χ2n) is 8.71. The number of nitro groups is 1. The molecule has 2 aromatic carbocycles. The van der Waals surface area contributed by atoms with Crippen LogP contribution in [0, 0.1) is 10.1 Å². The van der Waals surface area contributed by atoms with Gasteiger partial charge in [0.05, 0.1) is 29.2 Å². The first-order chi connectivity index (χ1) is 17.7. The summed E-state index contributed by atoms with van der Waals surface area (Å²) in [6.07, 6.45) is 5.17. The number of halogens is 2. The highest BCUT2D eigenvalue weighted by Crippen LogP contribution is 2.35. The summed E-state index contributed by atoms with van der Waals surface area (Å²) < 4.78 is 12.8. The van der Waals surface area contributed by atoms with Crippen molar-refractivity contribution < 1.29 is 19.2 Å². The fourth-order valence-corrected chi connectivity index (χ4v) is 5.20. The van der Waals surface area contributed by atoms with E-state index in [1.165, 1.54) is 31.0 Å². The van der Waals surface area contributed by atoms with Gasteiger partial charge in [-0.2, -0.15) is 9.78 Å². The molecule has 0 aliphatic heterocycles. The zero-order valence-corrected chi connectivity index (χ0v) is 23.3. The van der Waals surface area contributed by atoms with Gasteiger partial charge in [0, 0.05) is 26.5 Å². The van der Waals surface area contributed by atoms with Gasteiger partial charge in [0.25, 0.3) is 5.56 Å². The minimum atomic E-state index is -1.11. The van der Waals surface area contributed by atoms with E-state index in [0.717, 1.165) is 36.6 Å². The molecule has 0 spiro atoms. The first kappa shape index (κ1) is 26.9. The van der Waals surface area contributed by atoms with Gasteiger partial charge in [-0.15, -0.1) is 0 Å². The molecule has 10 nitrogen and oxygen atoms in total. The summed E-state index contributed by atoms with van der Waals surface area (Å²) in [5.41, 5.74) is 0.0620. The number of rotatable bonds is 7. The Hall–Kier alpha value is -3.12. The van der Waals surface area contributed by atoms with Crippen molar-refractivity contribution in [1.29, 1.82) is 0 Å². The van der Waals surface area contributed by atoms with Crippen LogP contribution in [-0.4, -0.2) is 40.0 Å². The lowest BCUT2D eigenvalue weighted by atomic mass is 9.88. The normalized spacial score (nSPS) is 15.1. The summed E-state index contributed by atoms with van der Waals surface area (Å²) >= 11 is 6.69. The maximum atomic E-state index is 13.6. The highest BCUT2D eigenvalue weighted by atomic mass is 79.9. The summed E-state index contributed by atoms with van der Waals surface area (Å²) in [6, 6.07) is 8.15. The molecule has 0 radical (unpaired) electrons. The zero-order valence-electron chi connectivity index (χ0n) is 20.1. The molecule has 1 aromatic heterocycles. The molecular weight excluding hydrogens is 612 g/mol. The summed E-state index contributed by atoms with van der Waals surface area (Å²) in [7, 11) is 1.20. The number of hydrogen-bond donors (Lipinski definition) is 0. The van der Waals surface area contributed by atoms with Crippen LogP contribution in [0.25, 0.3) is 10.9 Å². The van der Waals surface area contributed by atoms with Gasteiger partial charge in [-0.3, -0.25) is 14.9 Å². The van der Waals surface area contributed by atoms with Crippen molar-refractivity contribution in [1.82, 2.24) is 9.66 Å². The Morgan fingerprint density at radius 3 is 2.62 bits per heavy atom. The molecule has 1 saturated carbocycles. The molecule has 3 aromatic rings. The summed E-state index contributed by atoms with van der Waals surface area (Å²) in [5.74, 6) is -0.261. The Labute approximate surface area is 229 Å². The molecule has 0 saturated heterocycles. The average Bonchev–Trinajstić information content (AvgIpc) is 2.89. The van der Waals surface area contributed by atoms with Gasteiger partial charge in [0.1, 0.15) is 5.82 Å². The number of methoxy groups -OCH3 is 1. The van der Waals surface area contributed by atoms with Gasteiger partial charge in [0.2, 0.25) is 5.75 Å². The summed E-state index contributed by atoms with van der Waals surface area (Å²) in [5, 5.41) is 16.6. The fraction of sp³-hybridized carbons (Fsp3) is 0.360. The van der Waals surface area contributed by atoms with Crippen LogP contribution in [0.2, 0.25) is 0 Å². The number of benzene rings is 2. The fourth-order valence-electron chi connectivity index (χ4n) is 4.37. The minimum absolute atomic E-state index is 0.0542. The second kappa shape index (κ2) is 11.5. The lowest BCUT2D eigenvalue weighted by Gasteiger charge is -2.22. The van der Waals surface area contributed by atoms with Gasteiger partial charge < -0.3 is 9.47 Å². The predicted octanol–water partition coefficient (Wildman–Crippen LogP) is 5.70. The van der Waals surface area contributed by atoms with Gasteiger partial charge in [-0.1, -0.05) is 51.1 Å². The van der Waals surface area contributed by atoms with Crippen LogP contribution in [0.3, 0.4) is 0 Å². The number of aromatic nitrogens is 2. The number of carbonyl (C=O) groups excluding carboxylic acids is 1. The van der Waals surface area contributed by atoms with Crippen LogP contribution in [0.5, 0.6) is 5.75 Å². The van der Waals surface area contributed by atoms with E-state index in [4.69, 9.17) is 14.5 Å². The maximum Gasteiger partial charge on any atom is 0.346 e. The topological polar surface area (TPSA) is 126 Å². The summed E-state index contributed by atoms with van der Waals surface area (Å²) in [4.78, 5) is 41.5. The highest BCUT2D eigenvalue weighted by molar-refractivity contribution is 9.10. The second-order valence-corrected chi connectivity index (χ2v) is 10.5. The lowest BCUT2D eigenvalue weighted by molar-refractivity contribution is -0.386. The SMILES string of the molecule is COC(=O)[C@@H](C)Oc1c(C=Nn2c(C3CCCCC3)nc3ccc(Br)cc3c2=O)cc(Br)cc1[N+](=O)[O-]. The van der Waals surface area contributed by atoms with Crippen LogP contribution >= 0.6 is 31.9 Å².